The van der Waals surface area contributed by atoms with Crippen LogP contribution in [0, 0.1) is 10.1 Å². The van der Waals surface area contributed by atoms with Gasteiger partial charge in [0.25, 0.3) is 0 Å². The van der Waals surface area contributed by atoms with Gasteiger partial charge in [0.1, 0.15) is 11.2 Å². The van der Waals surface area contributed by atoms with E-state index in [1.165, 1.54) is 6.20 Å². The van der Waals surface area contributed by atoms with Crippen LogP contribution in [0.1, 0.15) is 19.4 Å². The minimum Gasteiger partial charge on any atom is -0.395 e. The van der Waals surface area contributed by atoms with Crippen LogP contribution in [0.2, 0.25) is 5.02 Å². The predicted molar refractivity (Wildman–Crippen MR) is 116 cm³/mol. The summed E-state index contributed by atoms with van der Waals surface area (Å²) in [5.41, 5.74) is 7.07. The zero-order valence-electron chi connectivity index (χ0n) is 16.5. The molecule has 0 saturated heterocycles. The van der Waals surface area contributed by atoms with Crippen LogP contribution in [-0.2, 0) is 11.3 Å². The fourth-order valence-electron chi connectivity index (χ4n) is 2.18. The molecule has 0 saturated carbocycles. The lowest BCUT2D eigenvalue weighted by Crippen LogP contribution is -2.29. The number of aromatic nitrogens is 1. The standard InChI is InChI=1S/C10H15NO2.C9H5ClN2O2.C2H6/c11-10(6-12)8-13-7-9-4-2-1-3-5-9;10-9-6-3-1-2-4-7(6)11-5-8(9)12(13)14;1-2/h1-5,10,12H,6-8,11H2;1-5H;1-2H3/t10-;;/m1../s1. The molecule has 29 heavy (non-hydrogen) atoms. The Bertz CT molecular complexity index is 878. The van der Waals surface area contributed by atoms with E-state index >= 15 is 0 Å². The maximum atomic E-state index is 10.5. The van der Waals surface area contributed by atoms with Gasteiger partial charge in [0.05, 0.1) is 36.3 Å². The van der Waals surface area contributed by atoms with Crippen molar-refractivity contribution >= 4 is 28.2 Å². The number of ether oxygens (including phenoxy) is 1. The van der Waals surface area contributed by atoms with Gasteiger partial charge >= 0.3 is 5.69 Å². The van der Waals surface area contributed by atoms with E-state index in [0.29, 0.717) is 24.1 Å². The Morgan fingerprint density at radius 3 is 2.41 bits per heavy atom. The fraction of sp³-hybridized carbons (Fsp3) is 0.286. The molecule has 8 heteroatoms. The van der Waals surface area contributed by atoms with E-state index in [9.17, 15) is 10.1 Å². The molecule has 0 spiro atoms. The number of nitrogens with two attached hydrogens (primary N) is 1. The zero-order chi connectivity index (χ0) is 21.6. The highest BCUT2D eigenvalue weighted by Crippen LogP contribution is 2.30. The summed E-state index contributed by atoms with van der Waals surface area (Å²) < 4.78 is 5.29. The summed E-state index contributed by atoms with van der Waals surface area (Å²) in [7, 11) is 0. The van der Waals surface area contributed by atoms with Gasteiger partial charge in [0.2, 0.25) is 0 Å². The molecule has 3 rings (SSSR count). The van der Waals surface area contributed by atoms with E-state index in [1.54, 1.807) is 24.3 Å². The minimum absolute atomic E-state index is 0.0329. The minimum atomic E-state index is -0.540. The van der Waals surface area contributed by atoms with Crippen molar-refractivity contribution in [1.29, 1.82) is 0 Å². The number of benzene rings is 2. The first-order chi connectivity index (χ1) is 14.0. The van der Waals surface area contributed by atoms with Crippen LogP contribution in [0.25, 0.3) is 10.9 Å². The van der Waals surface area contributed by atoms with Crippen molar-refractivity contribution in [2.75, 3.05) is 13.2 Å². The Kier molecular flexibility index (Phi) is 11.4. The molecule has 0 bridgehead atoms. The van der Waals surface area contributed by atoms with Crippen molar-refractivity contribution in [1.82, 2.24) is 4.98 Å². The molecule has 156 valence electrons. The maximum Gasteiger partial charge on any atom is 0.306 e. The maximum absolute atomic E-state index is 10.5. The smallest absolute Gasteiger partial charge is 0.306 e. The van der Waals surface area contributed by atoms with Gasteiger partial charge in [0.15, 0.2) is 0 Å². The molecule has 0 aliphatic rings. The molecule has 1 atom stereocenters. The lowest BCUT2D eigenvalue weighted by atomic mass is 10.2. The number of hydrogen-bond donors (Lipinski definition) is 2. The molecule has 1 aromatic heterocycles. The van der Waals surface area contributed by atoms with Crippen LogP contribution in [0.15, 0.2) is 60.8 Å². The van der Waals surface area contributed by atoms with E-state index in [4.69, 9.17) is 27.2 Å². The van der Waals surface area contributed by atoms with Crippen LogP contribution < -0.4 is 5.73 Å². The summed E-state index contributed by atoms with van der Waals surface area (Å²) in [5.74, 6) is 0. The molecule has 0 aliphatic heterocycles. The first-order valence-electron chi connectivity index (χ1n) is 9.18. The number of nitrogens with zero attached hydrogens (tertiary/aromatic N) is 2. The number of halogens is 1. The van der Waals surface area contributed by atoms with Gasteiger partial charge in [0, 0.05) is 5.39 Å². The van der Waals surface area contributed by atoms with Crippen LogP contribution >= 0.6 is 11.6 Å². The molecule has 0 fully saturated rings. The quantitative estimate of drug-likeness (QED) is 0.454. The van der Waals surface area contributed by atoms with E-state index in [0.717, 1.165) is 5.56 Å². The van der Waals surface area contributed by atoms with Gasteiger partial charge in [-0.15, -0.1) is 0 Å². The molecular weight excluding hydrogens is 394 g/mol. The van der Waals surface area contributed by atoms with Crippen LogP contribution in [0.3, 0.4) is 0 Å². The number of fused-ring (bicyclic) bond motifs is 1. The Morgan fingerprint density at radius 2 is 1.79 bits per heavy atom. The van der Waals surface area contributed by atoms with Crippen LogP contribution in [0.5, 0.6) is 0 Å². The Morgan fingerprint density at radius 1 is 1.17 bits per heavy atom. The molecule has 0 amide bonds. The molecule has 0 unspecified atom stereocenters. The average Bonchev–Trinajstić information content (AvgIpc) is 2.76. The van der Waals surface area contributed by atoms with Crippen molar-refractivity contribution in [2.45, 2.75) is 26.5 Å². The molecule has 1 heterocycles. The number of rotatable bonds is 6. The number of para-hydroxylation sites is 1. The van der Waals surface area contributed by atoms with Crippen molar-refractivity contribution in [2.24, 2.45) is 5.73 Å². The van der Waals surface area contributed by atoms with Crippen LogP contribution in [0.4, 0.5) is 5.69 Å². The van der Waals surface area contributed by atoms with E-state index in [-0.39, 0.29) is 23.4 Å². The summed E-state index contributed by atoms with van der Waals surface area (Å²) in [6.45, 7) is 4.91. The normalized spacial score (nSPS) is 10.9. The van der Waals surface area contributed by atoms with Gasteiger partial charge in [-0.1, -0.05) is 74.0 Å². The van der Waals surface area contributed by atoms with Gasteiger partial charge in [-0.2, -0.15) is 0 Å². The van der Waals surface area contributed by atoms with Crippen molar-refractivity contribution in [3.8, 4) is 0 Å². The number of hydrogen-bond acceptors (Lipinski definition) is 6. The van der Waals surface area contributed by atoms with E-state index in [1.807, 2.05) is 44.2 Å². The third-order valence-corrected chi connectivity index (χ3v) is 3.96. The number of aliphatic hydroxyl groups is 1. The molecule has 3 N–H and O–H groups in total. The second-order valence-electron chi connectivity index (χ2n) is 5.68. The monoisotopic (exact) mass is 419 g/mol. The largest absolute Gasteiger partial charge is 0.395 e. The molecular formula is C21H26ClN3O4. The highest BCUT2D eigenvalue weighted by Gasteiger charge is 2.15. The molecule has 0 aliphatic carbocycles. The molecule has 0 radical (unpaired) electrons. The third-order valence-electron chi connectivity index (χ3n) is 3.57. The second kappa shape index (κ2) is 13.6. The SMILES string of the molecule is CC.N[C@H](CO)COCc1ccccc1.O=[N+]([O-])c1cnc2ccccc2c1Cl. The molecule has 2 aromatic carbocycles. The van der Waals surface area contributed by atoms with E-state index < -0.39 is 4.92 Å². The summed E-state index contributed by atoms with van der Waals surface area (Å²) in [4.78, 5) is 13.9. The third kappa shape index (κ3) is 8.13. The van der Waals surface area contributed by atoms with Crippen molar-refractivity contribution in [3.63, 3.8) is 0 Å². The van der Waals surface area contributed by atoms with Gasteiger partial charge in [-0.25, -0.2) is 4.98 Å². The number of pyridine rings is 1. The number of aliphatic hydroxyl groups excluding tert-OH is 1. The Balaban J connectivity index is 0.000000268. The highest BCUT2D eigenvalue weighted by molar-refractivity contribution is 6.37. The lowest BCUT2D eigenvalue weighted by molar-refractivity contribution is -0.384. The van der Waals surface area contributed by atoms with Gasteiger partial charge in [-0.05, 0) is 11.6 Å². The van der Waals surface area contributed by atoms with Gasteiger partial charge in [-0.3, -0.25) is 10.1 Å². The summed E-state index contributed by atoms with van der Waals surface area (Å²) in [6, 6.07) is 16.6. The fourth-order valence-corrected chi connectivity index (χ4v) is 2.46. The summed E-state index contributed by atoms with van der Waals surface area (Å²) in [5, 5.41) is 19.9. The number of nitro groups is 1. The topological polar surface area (TPSA) is 112 Å². The Labute approximate surface area is 175 Å². The zero-order valence-corrected chi connectivity index (χ0v) is 17.2. The second-order valence-corrected chi connectivity index (χ2v) is 6.05. The summed E-state index contributed by atoms with van der Waals surface area (Å²) in [6.07, 6.45) is 1.17. The van der Waals surface area contributed by atoms with Crippen molar-refractivity contribution < 1.29 is 14.8 Å². The summed E-state index contributed by atoms with van der Waals surface area (Å²) >= 11 is 5.85. The first-order valence-corrected chi connectivity index (χ1v) is 9.56. The molecule has 7 nitrogen and oxygen atoms in total. The highest BCUT2D eigenvalue weighted by atomic mass is 35.5. The average molecular weight is 420 g/mol. The van der Waals surface area contributed by atoms with Crippen molar-refractivity contribution in [3.05, 3.63) is 81.5 Å². The lowest BCUT2D eigenvalue weighted by Gasteiger charge is -2.08. The van der Waals surface area contributed by atoms with Gasteiger partial charge < -0.3 is 15.6 Å². The molecule has 3 aromatic rings. The van der Waals surface area contributed by atoms with Crippen LogP contribution in [-0.4, -0.2) is 34.3 Å². The predicted octanol–water partition coefficient (Wildman–Crippen LogP) is 4.35. The van der Waals surface area contributed by atoms with E-state index in [2.05, 4.69) is 4.98 Å². The first kappa shape index (κ1) is 24.5. The Hall–Kier alpha value is -2.58.